The third-order valence-corrected chi connectivity index (χ3v) is 13.9. The number of carbonyl (C=O) groups is 3. The molecule has 0 spiro atoms. The lowest BCUT2D eigenvalue weighted by Crippen LogP contribution is -2.30. The molecular formula is C64H118O6. The summed E-state index contributed by atoms with van der Waals surface area (Å²) in [6.45, 7) is 6.66. The van der Waals surface area contributed by atoms with E-state index in [-0.39, 0.29) is 31.1 Å². The van der Waals surface area contributed by atoms with E-state index in [1.54, 1.807) is 0 Å². The molecule has 0 aromatic heterocycles. The number of esters is 3. The van der Waals surface area contributed by atoms with Crippen molar-refractivity contribution in [1.82, 2.24) is 0 Å². The number of hydrogen-bond acceptors (Lipinski definition) is 6. The Kier molecular flexibility index (Phi) is 57.2. The molecule has 0 aromatic rings. The molecule has 0 N–H and O–H groups in total. The molecule has 6 heteroatoms. The second kappa shape index (κ2) is 59.2. The Hall–Kier alpha value is -2.37. The zero-order valence-corrected chi connectivity index (χ0v) is 47.1. The third kappa shape index (κ3) is 56.5. The highest BCUT2D eigenvalue weighted by molar-refractivity contribution is 5.71. The van der Waals surface area contributed by atoms with E-state index in [1.807, 2.05) is 0 Å². The summed E-state index contributed by atoms with van der Waals surface area (Å²) in [4.78, 5) is 38.1. The molecule has 0 bridgehead atoms. The van der Waals surface area contributed by atoms with Crippen LogP contribution in [0.1, 0.15) is 335 Å². The number of carbonyl (C=O) groups excluding carboxylic acids is 3. The first-order chi connectivity index (χ1) is 34.5. The fourth-order valence-electron chi connectivity index (χ4n) is 9.22. The van der Waals surface area contributed by atoms with Crippen LogP contribution in [0.4, 0.5) is 0 Å². The number of rotatable bonds is 57. The van der Waals surface area contributed by atoms with Gasteiger partial charge in [-0.25, -0.2) is 0 Å². The van der Waals surface area contributed by atoms with Crippen LogP contribution in [-0.2, 0) is 28.6 Å². The first kappa shape index (κ1) is 67.6. The highest BCUT2D eigenvalue weighted by Gasteiger charge is 2.19. The van der Waals surface area contributed by atoms with E-state index in [1.165, 1.54) is 225 Å². The average Bonchev–Trinajstić information content (AvgIpc) is 3.36. The van der Waals surface area contributed by atoms with Crippen LogP contribution in [-0.4, -0.2) is 37.2 Å². The Labute approximate surface area is 435 Å². The zero-order chi connectivity index (χ0) is 50.7. The normalized spacial score (nSPS) is 12.2. The van der Waals surface area contributed by atoms with Gasteiger partial charge in [-0.05, 0) is 57.8 Å². The lowest BCUT2D eigenvalue weighted by molar-refractivity contribution is -0.167. The van der Waals surface area contributed by atoms with Gasteiger partial charge in [0.15, 0.2) is 6.10 Å². The Morgan fingerprint density at radius 1 is 0.286 bits per heavy atom. The van der Waals surface area contributed by atoms with E-state index in [9.17, 15) is 14.4 Å². The molecule has 0 aliphatic carbocycles. The molecule has 1 unspecified atom stereocenters. The maximum atomic E-state index is 12.8. The summed E-state index contributed by atoms with van der Waals surface area (Å²) in [6, 6.07) is 0. The van der Waals surface area contributed by atoms with Crippen molar-refractivity contribution in [3.05, 3.63) is 36.5 Å². The van der Waals surface area contributed by atoms with Crippen molar-refractivity contribution < 1.29 is 28.6 Å². The van der Waals surface area contributed by atoms with Crippen molar-refractivity contribution in [3.63, 3.8) is 0 Å². The first-order valence-electron chi connectivity index (χ1n) is 31.0. The van der Waals surface area contributed by atoms with Crippen molar-refractivity contribution in [3.8, 4) is 0 Å². The monoisotopic (exact) mass is 983 g/mol. The SMILES string of the molecule is CCCCCCC/C=C\C/C=C\C/C=C\CCCCCCCCCCCCCCC(=O)OCC(COC(=O)CCCCCCCCCCC)OC(=O)CCCCCCCCCCCCCCCCCC. The summed E-state index contributed by atoms with van der Waals surface area (Å²) in [5, 5.41) is 0. The summed E-state index contributed by atoms with van der Waals surface area (Å²) in [5.41, 5.74) is 0. The van der Waals surface area contributed by atoms with Crippen LogP contribution in [0, 0.1) is 0 Å². The van der Waals surface area contributed by atoms with E-state index < -0.39 is 6.10 Å². The Morgan fingerprint density at radius 3 is 0.800 bits per heavy atom. The molecule has 0 aliphatic rings. The van der Waals surface area contributed by atoms with E-state index in [0.29, 0.717) is 19.3 Å². The molecular weight excluding hydrogens is 865 g/mol. The van der Waals surface area contributed by atoms with Gasteiger partial charge in [-0.1, -0.05) is 295 Å². The molecule has 6 nitrogen and oxygen atoms in total. The molecule has 0 heterocycles. The van der Waals surface area contributed by atoms with Crippen LogP contribution >= 0.6 is 0 Å². The fraction of sp³-hybridized carbons (Fsp3) is 0.859. The van der Waals surface area contributed by atoms with Gasteiger partial charge in [0.05, 0.1) is 0 Å². The maximum Gasteiger partial charge on any atom is 0.306 e. The first-order valence-corrected chi connectivity index (χ1v) is 31.0. The number of allylic oxidation sites excluding steroid dienone is 6. The van der Waals surface area contributed by atoms with Gasteiger partial charge in [-0.2, -0.15) is 0 Å². The lowest BCUT2D eigenvalue weighted by atomic mass is 10.0. The van der Waals surface area contributed by atoms with Gasteiger partial charge < -0.3 is 14.2 Å². The lowest BCUT2D eigenvalue weighted by Gasteiger charge is -2.18. The van der Waals surface area contributed by atoms with Crippen molar-refractivity contribution in [2.24, 2.45) is 0 Å². The summed E-state index contributed by atoms with van der Waals surface area (Å²) in [6.07, 6.45) is 71.6. The summed E-state index contributed by atoms with van der Waals surface area (Å²) in [5.74, 6) is -0.851. The van der Waals surface area contributed by atoms with Gasteiger partial charge >= 0.3 is 17.9 Å². The molecule has 0 saturated carbocycles. The number of unbranched alkanes of at least 4 members (excludes halogenated alkanes) is 40. The molecule has 0 saturated heterocycles. The van der Waals surface area contributed by atoms with Crippen molar-refractivity contribution in [1.29, 1.82) is 0 Å². The molecule has 0 fully saturated rings. The van der Waals surface area contributed by atoms with Crippen LogP contribution in [0.5, 0.6) is 0 Å². The average molecular weight is 984 g/mol. The molecule has 0 radical (unpaired) electrons. The smallest absolute Gasteiger partial charge is 0.306 e. The minimum atomic E-state index is -0.767. The van der Waals surface area contributed by atoms with Gasteiger partial charge in [0, 0.05) is 19.3 Å². The van der Waals surface area contributed by atoms with Gasteiger partial charge in [0.2, 0.25) is 0 Å². The van der Waals surface area contributed by atoms with E-state index >= 15 is 0 Å². The summed E-state index contributed by atoms with van der Waals surface area (Å²) in [7, 11) is 0. The number of hydrogen-bond donors (Lipinski definition) is 0. The standard InChI is InChI=1S/C64H118O6/c1-4-7-10-13-16-19-21-23-25-27-28-29-30-31-32-33-34-35-36-37-39-40-42-45-48-51-54-57-63(66)69-60-61(59-68-62(65)56-53-50-47-44-18-15-12-9-6-3)70-64(67)58-55-52-49-46-43-41-38-26-24-22-20-17-14-11-8-5-2/h21,23,27-28,30-31,61H,4-20,22,24-26,29,32-60H2,1-3H3/b23-21-,28-27-,31-30-. The van der Waals surface area contributed by atoms with Gasteiger partial charge in [0.25, 0.3) is 0 Å². The van der Waals surface area contributed by atoms with E-state index in [4.69, 9.17) is 14.2 Å². The predicted octanol–water partition coefficient (Wildman–Crippen LogP) is 20.8. The summed E-state index contributed by atoms with van der Waals surface area (Å²) >= 11 is 0. The molecule has 0 amide bonds. The molecule has 0 aromatic carbocycles. The largest absolute Gasteiger partial charge is 0.462 e. The number of ether oxygens (including phenoxy) is 3. The Bertz CT molecular complexity index is 1170. The maximum absolute atomic E-state index is 12.8. The van der Waals surface area contributed by atoms with Gasteiger partial charge in [-0.15, -0.1) is 0 Å². The second-order valence-corrected chi connectivity index (χ2v) is 21.0. The molecule has 0 aliphatic heterocycles. The second-order valence-electron chi connectivity index (χ2n) is 21.0. The Balaban J connectivity index is 4.15. The van der Waals surface area contributed by atoms with E-state index in [0.717, 1.165) is 70.6 Å². The highest BCUT2D eigenvalue weighted by Crippen LogP contribution is 2.17. The zero-order valence-electron chi connectivity index (χ0n) is 47.1. The van der Waals surface area contributed by atoms with E-state index in [2.05, 4.69) is 57.2 Å². The Morgan fingerprint density at radius 2 is 0.514 bits per heavy atom. The third-order valence-electron chi connectivity index (χ3n) is 13.9. The summed E-state index contributed by atoms with van der Waals surface area (Å²) < 4.78 is 16.9. The quantitative estimate of drug-likeness (QED) is 0.0261. The molecule has 410 valence electrons. The molecule has 1 atom stereocenters. The molecule has 70 heavy (non-hydrogen) atoms. The minimum absolute atomic E-state index is 0.0673. The molecule has 0 rings (SSSR count). The predicted molar refractivity (Wildman–Crippen MR) is 302 cm³/mol. The van der Waals surface area contributed by atoms with Crippen LogP contribution in [0.2, 0.25) is 0 Å². The minimum Gasteiger partial charge on any atom is -0.462 e. The van der Waals surface area contributed by atoms with Crippen molar-refractivity contribution in [2.75, 3.05) is 13.2 Å². The fourth-order valence-corrected chi connectivity index (χ4v) is 9.22. The van der Waals surface area contributed by atoms with Crippen LogP contribution in [0.25, 0.3) is 0 Å². The van der Waals surface area contributed by atoms with Gasteiger partial charge in [0.1, 0.15) is 13.2 Å². The van der Waals surface area contributed by atoms with Gasteiger partial charge in [-0.3, -0.25) is 14.4 Å². The van der Waals surface area contributed by atoms with Crippen LogP contribution in [0.15, 0.2) is 36.5 Å². The van der Waals surface area contributed by atoms with Crippen LogP contribution < -0.4 is 0 Å². The van der Waals surface area contributed by atoms with Crippen LogP contribution in [0.3, 0.4) is 0 Å². The topological polar surface area (TPSA) is 78.9 Å². The highest BCUT2D eigenvalue weighted by atomic mass is 16.6. The van der Waals surface area contributed by atoms with Crippen molar-refractivity contribution >= 4 is 17.9 Å². The van der Waals surface area contributed by atoms with Crippen molar-refractivity contribution in [2.45, 2.75) is 341 Å².